The first kappa shape index (κ1) is 40.7. The van der Waals surface area contributed by atoms with Crippen LogP contribution in [-0.2, 0) is 56.8 Å². The van der Waals surface area contributed by atoms with E-state index in [4.69, 9.17) is 29.0 Å². The van der Waals surface area contributed by atoms with E-state index in [0.29, 0.717) is 5.75 Å². The summed E-state index contributed by atoms with van der Waals surface area (Å²) in [6.45, 7) is 4.57. The number of hydrogen-bond acceptors (Lipinski definition) is 4. The van der Waals surface area contributed by atoms with Crippen molar-refractivity contribution >= 4 is 30.6 Å². The van der Waals surface area contributed by atoms with Crippen molar-refractivity contribution in [3.8, 4) is 5.75 Å². The summed E-state index contributed by atoms with van der Waals surface area (Å²) in [7, 11) is 0. The minimum absolute atomic E-state index is 0. The van der Waals surface area contributed by atoms with Gasteiger partial charge in [-0.3, -0.25) is 0 Å². The van der Waals surface area contributed by atoms with Crippen molar-refractivity contribution in [2.75, 3.05) is 0 Å². The number of rotatable bonds is 28. The Morgan fingerprint density at radius 1 is 0.525 bits per heavy atom. The molecule has 0 spiro atoms. The van der Waals surface area contributed by atoms with Gasteiger partial charge in [0.2, 0.25) is 0 Å². The molecule has 0 unspecified atom stereocenters. The Labute approximate surface area is 274 Å². The number of unbranched alkanes of at least 4 members (excludes halogenated alkanes) is 22. The third-order valence-electron chi connectivity index (χ3n) is 7.99. The summed E-state index contributed by atoms with van der Waals surface area (Å²) in [5, 5.41) is 0. The molecule has 0 bridgehead atoms. The fourth-order valence-corrected chi connectivity index (χ4v) is 6.47. The molecule has 1 aromatic rings. The molecule has 0 radical (unpaired) electrons. The Bertz CT molecular complexity index is 684. The molecule has 2 nitrogen and oxygen atoms in total. The van der Waals surface area contributed by atoms with Gasteiger partial charge in [-0.1, -0.05) is 161 Å². The SMILES string of the molecule is CCCCCCCCCCCCCCc1ccc(O[P+]([O-])([S-])[S-])cc1CCCCCCCCCCCCCC.[Zn+2]. The topological polar surface area (TPSA) is 32.3 Å². The summed E-state index contributed by atoms with van der Waals surface area (Å²) in [6, 6.07) is 6.12. The first-order chi connectivity index (χ1) is 19.0. The van der Waals surface area contributed by atoms with Gasteiger partial charge in [0.15, 0.2) is 5.75 Å². The summed E-state index contributed by atoms with van der Waals surface area (Å²) >= 11 is 9.69. The summed E-state index contributed by atoms with van der Waals surface area (Å²) < 4.78 is 5.41. The second kappa shape index (κ2) is 28.5. The van der Waals surface area contributed by atoms with Crippen LogP contribution in [0, 0.1) is 0 Å². The molecule has 0 aliphatic heterocycles. The average Bonchev–Trinajstić information content (AvgIpc) is 2.90. The predicted molar refractivity (Wildman–Crippen MR) is 178 cm³/mol. The second-order valence-corrected chi connectivity index (χ2v) is 16.4. The van der Waals surface area contributed by atoms with Crippen LogP contribution in [0.25, 0.3) is 0 Å². The monoisotopic (exact) mass is 660 g/mol. The summed E-state index contributed by atoms with van der Waals surface area (Å²) in [6.07, 6.45) is 31.7. The van der Waals surface area contributed by atoms with E-state index >= 15 is 0 Å². The van der Waals surface area contributed by atoms with E-state index < -0.39 is 6.12 Å². The van der Waals surface area contributed by atoms with E-state index in [1.54, 1.807) is 0 Å². The zero-order valence-corrected chi connectivity index (χ0v) is 31.9. The zero-order valence-electron chi connectivity index (χ0n) is 26.4. The van der Waals surface area contributed by atoms with Crippen molar-refractivity contribution in [2.24, 2.45) is 0 Å². The summed E-state index contributed by atoms with van der Waals surface area (Å²) in [5.41, 5.74) is 2.75. The number of hydrogen-bond donors (Lipinski definition) is 0. The Morgan fingerprint density at radius 3 is 1.20 bits per heavy atom. The van der Waals surface area contributed by atoms with Gasteiger partial charge in [0.25, 0.3) is 0 Å². The molecule has 228 valence electrons. The summed E-state index contributed by atoms with van der Waals surface area (Å²) in [4.78, 5) is 11.9. The average molecular weight is 662 g/mol. The van der Waals surface area contributed by atoms with Crippen molar-refractivity contribution < 1.29 is 28.9 Å². The summed E-state index contributed by atoms with van der Waals surface area (Å²) in [5.74, 6) is 0.579. The molecule has 0 aliphatic carbocycles. The molecule has 0 aromatic heterocycles. The van der Waals surface area contributed by atoms with Crippen LogP contribution in [-0.4, -0.2) is 0 Å². The van der Waals surface area contributed by atoms with Gasteiger partial charge in [-0.15, -0.1) is 6.12 Å². The van der Waals surface area contributed by atoms with E-state index in [2.05, 4.69) is 26.0 Å². The van der Waals surface area contributed by atoms with Crippen molar-refractivity contribution in [2.45, 2.75) is 181 Å². The Balaban J connectivity index is 0.0000152. The van der Waals surface area contributed by atoms with Crippen LogP contribution in [0.5, 0.6) is 5.75 Å². The van der Waals surface area contributed by atoms with Gasteiger partial charge in [0.05, 0.1) is 0 Å². The molecule has 1 rings (SSSR count). The standard InChI is InChI=1S/C34H63O2PS2.Zn/c1-3-5-7-9-11-13-15-17-19-21-23-25-27-32-29-30-34(36-37(35,38)39)31-33(32)28-26-24-22-20-18-16-14-12-10-8-6-4-2;/h29-31H,3-28H2,1-2H3,(H2,35,38,39);/q;+2/p-2. The van der Waals surface area contributed by atoms with E-state index in [1.165, 1.54) is 165 Å². The van der Waals surface area contributed by atoms with Crippen LogP contribution in [0.15, 0.2) is 18.2 Å². The van der Waals surface area contributed by atoms with E-state index in [9.17, 15) is 4.89 Å². The second-order valence-electron chi connectivity index (χ2n) is 11.7. The maximum Gasteiger partial charge on any atom is 2.00 e. The number of benzene rings is 1. The van der Waals surface area contributed by atoms with Crippen LogP contribution in [0.3, 0.4) is 0 Å². The van der Waals surface area contributed by atoms with Gasteiger partial charge < -0.3 is 33.9 Å². The molecule has 0 fully saturated rings. The third kappa shape index (κ3) is 25.3. The van der Waals surface area contributed by atoms with Crippen LogP contribution in [0.1, 0.15) is 179 Å². The molecule has 0 saturated heterocycles. The van der Waals surface area contributed by atoms with Gasteiger partial charge in [0, 0.05) is 0 Å². The quantitative estimate of drug-likeness (QED) is 0.0387. The minimum atomic E-state index is -3.36. The molecule has 1 aromatic carbocycles. The van der Waals surface area contributed by atoms with Crippen LogP contribution < -0.4 is 9.42 Å². The van der Waals surface area contributed by atoms with E-state index in [1.807, 2.05) is 6.07 Å². The molecule has 40 heavy (non-hydrogen) atoms. The molecule has 0 atom stereocenters. The van der Waals surface area contributed by atoms with E-state index in [-0.39, 0.29) is 19.5 Å². The molecular formula is C34H61O2PS2Zn. The smallest absolute Gasteiger partial charge is 0.682 e. The molecule has 0 heterocycles. The fraction of sp³-hybridized carbons (Fsp3) is 0.824. The van der Waals surface area contributed by atoms with Gasteiger partial charge in [-0.05, 0) is 48.9 Å². The Hall–Kier alpha value is 0.733. The fourth-order valence-electron chi connectivity index (χ4n) is 5.58. The third-order valence-corrected chi connectivity index (χ3v) is 8.88. The molecule has 0 amide bonds. The molecular weight excluding hydrogens is 601 g/mol. The van der Waals surface area contributed by atoms with Crippen molar-refractivity contribution in [3.05, 3.63) is 29.3 Å². The van der Waals surface area contributed by atoms with Crippen LogP contribution in [0.4, 0.5) is 0 Å². The van der Waals surface area contributed by atoms with Gasteiger partial charge in [0.1, 0.15) is 0 Å². The molecule has 6 heteroatoms. The Kier molecular flexibility index (Phi) is 29.0. The molecule has 0 saturated carbocycles. The Morgan fingerprint density at radius 2 is 0.850 bits per heavy atom. The number of aryl methyl sites for hydroxylation is 2. The maximum atomic E-state index is 11.9. The largest absolute Gasteiger partial charge is 2.00 e. The van der Waals surface area contributed by atoms with Crippen LogP contribution in [0.2, 0.25) is 0 Å². The van der Waals surface area contributed by atoms with Crippen molar-refractivity contribution in [1.29, 1.82) is 0 Å². The van der Waals surface area contributed by atoms with E-state index in [0.717, 1.165) is 12.8 Å². The first-order valence-electron chi connectivity index (χ1n) is 16.8. The normalized spacial score (nSPS) is 11.5. The zero-order chi connectivity index (χ0) is 28.4. The first-order valence-corrected chi connectivity index (χ1v) is 20.4. The van der Waals surface area contributed by atoms with Crippen LogP contribution >= 0.6 is 6.12 Å². The predicted octanol–water partition coefficient (Wildman–Crippen LogP) is 11.7. The molecule has 0 N–H and O–H groups in total. The van der Waals surface area contributed by atoms with Gasteiger partial charge in [-0.2, -0.15) is 0 Å². The van der Waals surface area contributed by atoms with Gasteiger partial charge >= 0.3 is 19.5 Å². The van der Waals surface area contributed by atoms with Gasteiger partial charge in [-0.25, -0.2) is 0 Å². The molecule has 0 aliphatic rings. The van der Waals surface area contributed by atoms with Crippen molar-refractivity contribution in [3.63, 3.8) is 0 Å². The van der Waals surface area contributed by atoms with Crippen molar-refractivity contribution in [1.82, 2.24) is 0 Å². The minimum Gasteiger partial charge on any atom is -0.682 e. The maximum absolute atomic E-state index is 11.9.